The normalized spacial score (nSPS) is 14.0. The van der Waals surface area contributed by atoms with E-state index >= 15 is 0 Å². The molecule has 0 aliphatic heterocycles. The average Bonchev–Trinajstić information content (AvgIpc) is 4.33. The Morgan fingerprint density at radius 3 is 1.21 bits per heavy atom. The van der Waals surface area contributed by atoms with Crippen LogP contribution in [-0.4, -0.2) is 0 Å². The van der Waals surface area contributed by atoms with Crippen molar-refractivity contribution < 1.29 is 0 Å². The van der Waals surface area contributed by atoms with Gasteiger partial charge < -0.3 is 4.90 Å². The maximum Gasteiger partial charge on any atom is 0.0726 e. The summed E-state index contributed by atoms with van der Waals surface area (Å²) in [7, 11) is 0. The summed E-state index contributed by atoms with van der Waals surface area (Å²) in [4.78, 5) is 2.54. The zero-order valence-corrected chi connectivity index (χ0v) is 42.2. The summed E-state index contributed by atoms with van der Waals surface area (Å²) < 4.78 is 2.56. The fourth-order valence-electron chi connectivity index (χ4n) is 14.6. The summed E-state index contributed by atoms with van der Waals surface area (Å²) >= 11 is 1.88. The standard InChI is InChI=1S/C74H45NS/c1-2-18-46(19-3-1)48-38-42-56-57-43-41-50(45-70(57)76-69(56)44-48)75(68-35-17-34-67-72(68)59-25-9-15-32-65(59)74(67)62-29-12-6-22-54(62)55-23-7-13-30-63(55)74)49-39-36-47(37-40-49)51-26-16-33-66-71(51)58-24-8-14-31-64(58)73(66)60-27-10-4-20-52(60)53-21-5-11-28-61(53)73/h1-45H. The number of fused-ring (bicyclic) bond motifs is 23. The highest BCUT2D eigenvalue weighted by Gasteiger charge is 2.54. The van der Waals surface area contributed by atoms with Crippen molar-refractivity contribution in [1.82, 2.24) is 0 Å². The van der Waals surface area contributed by atoms with Crippen molar-refractivity contribution in [3.8, 4) is 66.8 Å². The molecule has 1 heterocycles. The number of thiophene rings is 1. The second-order valence-corrected chi connectivity index (χ2v) is 22.0. The van der Waals surface area contributed by atoms with Crippen molar-refractivity contribution >= 4 is 48.6 Å². The van der Waals surface area contributed by atoms with E-state index in [4.69, 9.17) is 0 Å². The molecule has 4 aliphatic carbocycles. The van der Waals surface area contributed by atoms with Gasteiger partial charge in [-0.25, -0.2) is 0 Å². The molecule has 13 aromatic rings. The zero-order chi connectivity index (χ0) is 49.7. The first-order chi connectivity index (χ1) is 37.7. The van der Waals surface area contributed by atoms with E-state index in [1.807, 2.05) is 11.3 Å². The molecule has 4 aliphatic rings. The van der Waals surface area contributed by atoms with Crippen LogP contribution in [0.2, 0.25) is 0 Å². The topological polar surface area (TPSA) is 3.24 Å². The maximum absolute atomic E-state index is 2.54. The Hall–Kier alpha value is -9.34. The van der Waals surface area contributed by atoms with Gasteiger partial charge in [0, 0.05) is 37.1 Å². The highest BCUT2D eigenvalue weighted by Crippen LogP contribution is 2.66. The van der Waals surface area contributed by atoms with Gasteiger partial charge in [0.15, 0.2) is 0 Å². The van der Waals surface area contributed by atoms with E-state index in [9.17, 15) is 0 Å². The number of rotatable bonds is 5. The van der Waals surface area contributed by atoms with Crippen LogP contribution in [0, 0.1) is 0 Å². The van der Waals surface area contributed by atoms with Gasteiger partial charge in [-0.3, -0.25) is 0 Å². The number of hydrogen-bond donors (Lipinski definition) is 0. The minimum absolute atomic E-state index is 0.401. The Morgan fingerprint density at radius 1 is 0.250 bits per heavy atom. The van der Waals surface area contributed by atoms with Crippen LogP contribution >= 0.6 is 11.3 Å². The van der Waals surface area contributed by atoms with Gasteiger partial charge in [-0.05, 0) is 142 Å². The average molecular weight is 980 g/mol. The maximum atomic E-state index is 2.54. The van der Waals surface area contributed by atoms with Crippen LogP contribution in [-0.2, 0) is 10.8 Å². The highest BCUT2D eigenvalue weighted by atomic mass is 32.1. The number of nitrogens with zero attached hydrogens (tertiary/aromatic N) is 1. The summed E-state index contributed by atoms with van der Waals surface area (Å²) in [5.41, 5.74) is 28.7. The molecular formula is C74H45NS. The van der Waals surface area contributed by atoms with Crippen LogP contribution < -0.4 is 4.90 Å². The van der Waals surface area contributed by atoms with Gasteiger partial charge in [0.05, 0.1) is 16.5 Å². The van der Waals surface area contributed by atoms with Crippen molar-refractivity contribution in [2.45, 2.75) is 10.8 Å². The van der Waals surface area contributed by atoms with Crippen molar-refractivity contribution in [2.24, 2.45) is 0 Å². The predicted molar refractivity (Wildman–Crippen MR) is 317 cm³/mol. The van der Waals surface area contributed by atoms with Gasteiger partial charge in [-0.15, -0.1) is 11.3 Å². The molecule has 0 unspecified atom stereocenters. The van der Waals surface area contributed by atoms with Gasteiger partial charge in [0.2, 0.25) is 0 Å². The third-order valence-corrected chi connectivity index (χ3v) is 18.6. The fourth-order valence-corrected chi connectivity index (χ4v) is 15.8. The number of hydrogen-bond acceptors (Lipinski definition) is 2. The van der Waals surface area contributed by atoms with E-state index in [-0.39, 0.29) is 0 Å². The van der Waals surface area contributed by atoms with Crippen molar-refractivity contribution in [3.63, 3.8) is 0 Å². The van der Waals surface area contributed by atoms with Crippen LogP contribution in [0.25, 0.3) is 86.9 Å². The molecule has 2 spiro atoms. The third-order valence-electron chi connectivity index (χ3n) is 17.5. The van der Waals surface area contributed by atoms with E-state index in [1.54, 1.807) is 0 Å². The van der Waals surface area contributed by atoms with Gasteiger partial charge in [0.25, 0.3) is 0 Å². The lowest BCUT2D eigenvalue weighted by Crippen LogP contribution is -2.26. The molecule has 1 aromatic heterocycles. The molecule has 352 valence electrons. The minimum atomic E-state index is -0.460. The number of benzene rings is 12. The Kier molecular flexibility index (Phi) is 8.63. The third kappa shape index (κ3) is 5.38. The lowest BCUT2D eigenvalue weighted by atomic mass is 9.70. The molecule has 0 saturated heterocycles. The molecule has 0 radical (unpaired) electrons. The Bertz CT molecular complexity index is 4500. The smallest absolute Gasteiger partial charge is 0.0726 e. The minimum Gasteiger partial charge on any atom is -0.310 e. The lowest BCUT2D eigenvalue weighted by molar-refractivity contribution is 0.794. The Labute approximate surface area is 445 Å². The fraction of sp³-hybridized carbons (Fsp3) is 0.0270. The second-order valence-electron chi connectivity index (χ2n) is 20.9. The van der Waals surface area contributed by atoms with Crippen LogP contribution in [0.3, 0.4) is 0 Å². The van der Waals surface area contributed by atoms with Crippen molar-refractivity contribution in [1.29, 1.82) is 0 Å². The zero-order valence-electron chi connectivity index (χ0n) is 41.3. The molecule has 0 saturated carbocycles. The van der Waals surface area contributed by atoms with Gasteiger partial charge in [0.1, 0.15) is 0 Å². The Morgan fingerprint density at radius 2 is 0.645 bits per heavy atom. The van der Waals surface area contributed by atoms with Crippen LogP contribution in [0.1, 0.15) is 44.5 Å². The Balaban J connectivity index is 0.875. The van der Waals surface area contributed by atoms with E-state index in [0.717, 1.165) is 11.4 Å². The van der Waals surface area contributed by atoms with Crippen LogP contribution in [0.5, 0.6) is 0 Å². The molecule has 0 atom stereocenters. The largest absolute Gasteiger partial charge is 0.310 e. The number of anilines is 3. The summed E-state index contributed by atoms with van der Waals surface area (Å²) in [5.74, 6) is 0. The summed E-state index contributed by atoms with van der Waals surface area (Å²) in [6, 6.07) is 103. The summed E-state index contributed by atoms with van der Waals surface area (Å²) in [6.07, 6.45) is 0. The summed E-state index contributed by atoms with van der Waals surface area (Å²) in [6.45, 7) is 0. The predicted octanol–water partition coefficient (Wildman–Crippen LogP) is 19.5. The molecule has 0 amide bonds. The molecule has 12 aromatic carbocycles. The molecule has 2 heteroatoms. The lowest BCUT2D eigenvalue weighted by Gasteiger charge is -2.32. The first-order valence-electron chi connectivity index (χ1n) is 26.5. The SMILES string of the molecule is c1ccc(-c2ccc3c(c2)sc2cc(N(c4ccc(-c5cccc6c5-c5ccccc5C65c6ccccc6-c6ccccc65)cc4)c4cccc5c4-c4ccccc4C54c5ccccc5-c5ccccc54)ccc23)cc1. The molecule has 0 N–H and O–H groups in total. The molecule has 1 nitrogen and oxygen atoms in total. The molecule has 0 fully saturated rings. The van der Waals surface area contributed by atoms with E-state index in [1.165, 1.54) is 137 Å². The van der Waals surface area contributed by atoms with E-state index < -0.39 is 10.8 Å². The molecule has 0 bridgehead atoms. The quantitative estimate of drug-likeness (QED) is 0.166. The van der Waals surface area contributed by atoms with Gasteiger partial charge >= 0.3 is 0 Å². The molecular weight excluding hydrogens is 935 g/mol. The monoisotopic (exact) mass is 979 g/mol. The highest BCUT2D eigenvalue weighted by molar-refractivity contribution is 7.25. The molecule has 17 rings (SSSR count). The van der Waals surface area contributed by atoms with Gasteiger partial charge in [-0.1, -0.05) is 237 Å². The molecule has 76 heavy (non-hydrogen) atoms. The van der Waals surface area contributed by atoms with E-state index in [2.05, 4.69) is 278 Å². The van der Waals surface area contributed by atoms with Crippen molar-refractivity contribution in [3.05, 3.63) is 317 Å². The summed E-state index contributed by atoms with van der Waals surface area (Å²) in [5, 5.41) is 2.57. The van der Waals surface area contributed by atoms with Crippen LogP contribution in [0.15, 0.2) is 273 Å². The van der Waals surface area contributed by atoms with Gasteiger partial charge in [-0.2, -0.15) is 0 Å². The van der Waals surface area contributed by atoms with Crippen LogP contribution in [0.4, 0.5) is 17.1 Å². The van der Waals surface area contributed by atoms with Crippen molar-refractivity contribution in [2.75, 3.05) is 4.90 Å². The second kappa shape index (κ2) is 15.6. The first-order valence-corrected chi connectivity index (χ1v) is 27.3. The first kappa shape index (κ1) is 42.1. The van der Waals surface area contributed by atoms with E-state index in [0.29, 0.717) is 0 Å².